The number of amides is 2. The van der Waals surface area contributed by atoms with Crippen LogP contribution in [0.1, 0.15) is 10.4 Å². The first-order valence-corrected chi connectivity index (χ1v) is 9.93. The third-order valence-electron chi connectivity index (χ3n) is 2.96. The molecule has 0 aliphatic heterocycles. The molecule has 0 fully saturated rings. The largest absolute Gasteiger partial charge is 0.497 e. The van der Waals surface area contributed by atoms with E-state index in [9.17, 15) is 9.59 Å². The van der Waals surface area contributed by atoms with Crippen LogP contribution in [0.4, 0.5) is 10.3 Å². The molecule has 0 bridgehead atoms. The van der Waals surface area contributed by atoms with E-state index in [2.05, 4.69) is 25.8 Å². The maximum Gasteiger partial charge on any atom is 0.257 e. The van der Waals surface area contributed by atoms with Gasteiger partial charge < -0.3 is 10.1 Å². The molecule has 3 rings (SSSR count). The van der Waals surface area contributed by atoms with E-state index in [1.54, 1.807) is 35.8 Å². The van der Waals surface area contributed by atoms with Crippen LogP contribution in [0.3, 0.4) is 0 Å². The van der Waals surface area contributed by atoms with Crippen molar-refractivity contribution >= 4 is 56.5 Å². The number of nitrogens with one attached hydrogen (secondary N) is 2. The molecule has 0 aliphatic carbocycles. The summed E-state index contributed by atoms with van der Waals surface area (Å²) in [5.74, 6) is 0.288. The number of rotatable bonds is 7. The molecule has 0 saturated carbocycles. The lowest BCUT2D eigenvalue weighted by Gasteiger charge is -2.03. The zero-order valence-corrected chi connectivity index (χ0v) is 15.9. The number of carbonyl (C=O) groups is 2. The number of benzene rings is 1. The molecular weight excluding hydrogens is 394 g/mol. The third kappa shape index (κ3) is 5.00. The van der Waals surface area contributed by atoms with E-state index in [4.69, 9.17) is 4.74 Å². The molecule has 2 heterocycles. The summed E-state index contributed by atoms with van der Waals surface area (Å²) in [5.41, 5.74) is 0.455. The van der Waals surface area contributed by atoms with Crippen LogP contribution in [0.5, 0.6) is 5.75 Å². The standard InChI is InChI=1S/C15H13N5O3S3/c1-23-10-4-2-3-9(7-10)12(22)18-14-19-20-15(26-14)25-8-11(21)17-13-16-5-6-24-13/h2-7H,8H2,1H3,(H,16,17,21)(H,18,19,22). The zero-order chi connectivity index (χ0) is 18.4. The fourth-order valence-corrected chi connectivity index (χ4v) is 3.91. The number of methoxy groups -OCH3 is 1. The number of hydrogen-bond donors (Lipinski definition) is 2. The van der Waals surface area contributed by atoms with Crippen molar-refractivity contribution in [3.8, 4) is 5.75 Å². The summed E-state index contributed by atoms with van der Waals surface area (Å²) in [6.45, 7) is 0. The van der Waals surface area contributed by atoms with Gasteiger partial charge in [-0.15, -0.1) is 21.5 Å². The molecule has 8 nitrogen and oxygen atoms in total. The van der Waals surface area contributed by atoms with Gasteiger partial charge in [-0.1, -0.05) is 29.2 Å². The Morgan fingerprint density at radius 2 is 2.12 bits per heavy atom. The van der Waals surface area contributed by atoms with Crippen molar-refractivity contribution in [1.29, 1.82) is 0 Å². The zero-order valence-electron chi connectivity index (χ0n) is 13.5. The van der Waals surface area contributed by atoms with Crippen LogP contribution < -0.4 is 15.4 Å². The van der Waals surface area contributed by atoms with E-state index < -0.39 is 0 Å². The first-order chi connectivity index (χ1) is 12.6. The topological polar surface area (TPSA) is 106 Å². The van der Waals surface area contributed by atoms with Gasteiger partial charge >= 0.3 is 0 Å². The van der Waals surface area contributed by atoms with Gasteiger partial charge in [0.05, 0.1) is 12.9 Å². The fraction of sp³-hybridized carbons (Fsp3) is 0.133. The Kier molecular flexibility index (Phi) is 6.15. The molecule has 3 aromatic rings. The van der Waals surface area contributed by atoms with Crippen molar-refractivity contribution in [3.63, 3.8) is 0 Å². The van der Waals surface area contributed by atoms with E-state index in [0.29, 0.717) is 25.9 Å². The first-order valence-electron chi connectivity index (χ1n) is 7.25. The summed E-state index contributed by atoms with van der Waals surface area (Å²) in [5, 5.41) is 16.0. The summed E-state index contributed by atoms with van der Waals surface area (Å²) in [6, 6.07) is 6.80. The van der Waals surface area contributed by atoms with Crippen molar-refractivity contribution in [1.82, 2.24) is 15.2 Å². The number of anilines is 2. The molecule has 0 radical (unpaired) electrons. The molecular formula is C15H13N5O3S3. The highest BCUT2D eigenvalue weighted by Gasteiger charge is 2.13. The van der Waals surface area contributed by atoms with Gasteiger partial charge in [0.1, 0.15) is 5.75 Å². The van der Waals surface area contributed by atoms with Gasteiger partial charge in [0, 0.05) is 17.1 Å². The van der Waals surface area contributed by atoms with Gasteiger partial charge in [0.15, 0.2) is 9.47 Å². The highest BCUT2D eigenvalue weighted by atomic mass is 32.2. The van der Waals surface area contributed by atoms with Crippen LogP contribution in [-0.4, -0.2) is 39.9 Å². The molecule has 0 aliphatic rings. The Bertz CT molecular complexity index is 898. The minimum atomic E-state index is -0.307. The number of hydrogen-bond acceptors (Lipinski definition) is 9. The average Bonchev–Trinajstić information content (AvgIpc) is 3.32. The average molecular weight is 408 g/mol. The van der Waals surface area contributed by atoms with Crippen LogP contribution in [0.2, 0.25) is 0 Å². The molecule has 0 spiro atoms. The Hall–Kier alpha value is -2.50. The van der Waals surface area contributed by atoms with Crippen molar-refractivity contribution < 1.29 is 14.3 Å². The minimum Gasteiger partial charge on any atom is -0.497 e. The quantitative estimate of drug-likeness (QED) is 0.458. The van der Waals surface area contributed by atoms with Gasteiger partial charge in [-0.3, -0.25) is 14.9 Å². The summed E-state index contributed by atoms with van der Waals surface area (Å²) < 4.78 is 5.68. The molecule has 2 N–H and O–H groups in total. The van der Waals surface area contributed by atoms with Gasteiger partial charge in [0.25, 0.3) is 5.91 Å². The van der Waals surface area contributed by atoms with Gasteiger partial charge in [-0.05, 0) is 18.2 Å². The molecule has 134 valence electrons. The number of thiazole rings is 1. The van der Waals surface area contributed by atoms with E-state index >= 15 is 0 Å². The highest BCUT2D eigenvalue weighted by molar-refractivity contribution is 8.01. The minimum absolute atomic E-state index is 0.179. The molecule has 0 saturated heterocycles. The van der Waals surface area contributed by atoms with Crippen LogP contribution in [-0.2, 0) is 4.79 Å². The van der Waals surface area contributed by atoms with Gasteiger partial charge in [0.2, 0.25) is 11.0 Å². The smallest absolute Gasteiger partial charge is 0.257 e. The second-order valence-electron chi connectivity index (χ2n) is 4.73. The second kappa shape index (κ2) is 8.74. The van der Waals surface area contributed by atoms with Crippen LogP contribution in [0.25, 0.3) is 0 Å². The SMILES string of the molecule is COc1cccc(C(=O)Nc2nnc(SCC(=O)Nc3nccs3)s2)c1. The molecule has 2 aromatic heterocycles. The second-order valence-corrected chi connectivity index (χ2v) is 7.83. The number of thioether (sulfide) groups is 1. The number of nitrogens with zero attached hydrogens (tertiary/aromatic N) is 3. The van der Waals surface area contributed by atoms with E-state index in [1.165, 1.54) is 41.5 Å². The maximum absolute atomic E-state index is 12.2. The molecule has 2 amide bonds. The summed E-state index contributed by atoms with van der Waals surface area (Å²) in [7, 11) is 1.54. The summed E-state index contributed by atoms with van der Waals surface area (Å²) >= 11 is 3.79. The summed E-state index contributed by atoms with van der Waals surface area (Å²) in [6.07, 6.45) is 1.62. The lowest BCUT2D eigenvalue weighted by Crippen LogP contribution is -2.13. The molecule has 0 unspecified atom stereocenters. The highest BCUT2D eigenvalue weighted by Crippen LogP contribution is 2.26. The number of ether oxygens (including phenoxy) is 1. The van der Waals surface area contributed by atoms with E-state index in [-0.39, 0.29) is 17.6 Å². The predicted molar refractivity (Wildman–Crippen MR) is 102 cm³/mol. The Morgan fingerprint density at radius 1 is 1.23 bits per heavy atom. The fourth-order valence-electron chi connectivity index (χ4n) is 1.82. The van der Waals surface area contributed by atoms with Crippen LogP contribution in [0, 0.1) is 0 Å². The molecule has 1 aromatic carbocycles. The lowest BCUT2D eigenvalue weighted by molar-refractivity contribution is -0.113. The van der Waals surface area contributed by atoms with Crippen molar-refractivity contribution in [2.75, 3.05) is 23.5 Å². The van der Waals surface area contributed by atoms with Crippen molar-refractivity contribution in [2.24, 2.45) is 0 Å². The number of carbonyl (C=O) groups excluding carboxylic acids is 2. The molecule has 26 heavy (non-hydrogen) atoms. The Morgan fingerprint density at radius 3 is 2.88 bits per heavy atom. The van der Waals surface area contributed by atoms with Crippen LogP contribution >= 0.6 is 34.4 Å². The summed E-state index contributed by atoms with van der Waals surface area (Å²) in [4.78, 5) is 28.0. The van der Waals surface area contributed by atoms with Crippen LogP contribution in [0.15, 0.2) is 40.2 Å². The third-order valence-corrected chi connectivity index (χ3v) is 5.62. The molecule has 0 atom stereocenters. The van der Waals surface area contributed by atoms with E-state index in [1.807, 2.05) is 0 Å². The number of aromatic nitrogens is 3. The monoisotopic (exact) mass is 407 g/mol. The normalized spacial score (nSPS) is 10.3. The first kappa shape index (κ1) is 18.3. The van der Waals surface area contributed by atoms with Gasteiger partial charge in [-0.2, -0.15) is 0 Å². The van der Waals surface area contributed by atoms with Crippen molar-refractivity contribution in [3.05, 3.63) is 41.4 Å². The van der Waals surface area contributed by atoms with Crippen molar-refractivity contribution in [2.45, 2.75) is 4.34 Å². The Balaban J connectivity index is 1.52. The van der Waals surface area contributed by atoms with E-state index in [0.717, 1.165) is 0 Å². The lowest BCUT2D eigenvalue weighted by atomic mass is 10.2. The Labute approximate surface area is 161 Å². The maximum atomic E-state index is 12.2. The molecule has 11 heteroatoms. The predicted octanol–water partition coefficient (Wildman–Crippen LogP) is 2.99. The van der Waals surface area contributed by atoms with Gasteiger partial charge in [-0.25, -0.2) is 4.98 Å².